The van der Waals surface area contributed by atoms with Crippen LogP contribution in [0.3, 0.4) is 0 Å². The number of hydrogen-bond donors (Lipinski definition) is 1. The molecule has 5 nitrogen and oxygen atoms in total. The summed E-state index contributed by atoms with van der Waals surface area (Å²) in [7, 11) is 1.32. The maximum Gasteiger partial charge on any atom is 0.341 e. The third kappa shape index (κ3) is 3.52. The number of aryl methyl sites for hydroxylation is 1. The largest absolute Gasteiger partial charge is 0.465 e. The smallest absolute Gasteiger partial charge is 0.341 e. The van der Waals surface area contributed by atoms with Crippen LogP contribution in [0, 0.1) is 6.92 Å². The van der Waals surface area contributed by atoms with E-state index in [1.807, 2.05) is 37.3 Å². The minimum atomic E-state index is -0.501. The van der Waals surface area contributed by atoms with Gasteiger partial charge in [0, 0.05) is 10.4 Å². The Morgan fingerprint density at radius 2 is 1.88 bits per heavy atom. The van der Waals surface area contributed by atoms with Gasteiger partial charge in [-0.3, -0.25) is 4.79 Å². The van der Waals surface area contributed by atoms with Gasteiger partial charge >= 0.3 is 5.97 Å². The third-order valence-electron chi connectivity index (χ3n) is 3.56. The van der Waals surface area contributed by atoms with E-state index in [1.165, 1.54) is 18.4 Å². The number of benzene rings is 1. The summed E-state index contributed by atoms with van der Waals surface area (Å²) in [4.78, 5) is 25.6. The number of esters is 1. The molecule has 1 N–H and O–H groups in total. The van der Waals surface area contributed by atoms with Crippen LogP contribution >= 0.6 is 27.3 Å². The van der Waals surface area contributed by atoms with E-state index in [-0.39, 0.29) is 5.76 Å². The zero-order valence-electron chi connectivity index (χ0n) is 13.5. The number of ether oxygens (including phenoxy) is 1. The lowest BCUT2D eigenvalue weighted by Gasteiger charge is -2.07. The molecular weight excluding hydrogens is 406 g/mol. The van der Waals surface area contributed by atoms with E-state index in [0.717, 1.165) is 16.0 Å². The van der Waals surface area contributed by atoms with E-state index in [0.29, 0.717) is 15.2 Å². The molecule has 0 aliphatic rings. The lowest BCUT2D eigenvalue weighted by molar-refractivity contribution is 0.0603. The zero-order chi connectivity index (χ0) is 18.0. The van der Waals surface area contributed by atoms with E-state index in [2.05, 4.69) is 21.2 Å². The molecule has 0 fully saturated rings. The number of carbonyl (C=O) groups excluding carboxylic acids is 2. The van der Waals surface area contributed by atoms with E-state index in [1.54, 1.807) is 12.1 Å². The fraction of sp³-hybridized carbons (Fsp3) is 0.111. The van der Waals surface area contributed by atoms with Gasteiger partial charge in [0.2, 0.25) is 0 Å². The van der Waals surface area contributed by atoms with Gasteiger partial charge in [-0.2, -0.15) is 0 Å². The second-order valence-electron chi connectivity index (χ2n) is 5.15. The maximum atomic E-state index is 12.4. The zero-order valence-corrected chi connectivity index (χ0v) is 15.9. The van der Waals surface area contributed by atoms with Crippen LogP contribution in [0.1, 0.15) is 25.8 Å². The highest BCUT2D eigenvalue weighted by atomic mass is 79.9. The molecule has 3 rings (SSSR count). The summed E-state index contributed by atoms with van der Waals surface area (Å²) < 4.78 is 10.6. The lowest BCUT2D eigenvalue weighted by Crippen LogP contribution is -2.13. The number of carbonyl (C=O) groups is 2. The highest BCUT2D eigenvalue weighted by Crippen LogP contribution is 2.40. The number of amides is 1. The number of halogens is 1. The summed E-state index contributed by atoms with van der Waals surface area (Å²) in [6.45, 7) is 1.90. The Labute approximate surface area is 156 Å². The van der Waals surface area contributed by atoms with Gasteiger partial charge in [0.15, 0.2) is 10.4 Å². The van der Waals surface area contributed by atoms with E-state index in [4.69, 9.17) is 9.15 Å². The molecule has 2 aromatic heterocycles. The summed E-state index contributed by atoms with van der Waals surface area (Å²) in [5, 5.41) is 3.18. The van der Waals surface area contributed by atoms with Crippen molar-refractivity contribution in [2.45, 2.75) is 6.92 Å². The summed E-state index contributed by atoms with van der Waals surface area (Å²) in [6.07, 6.45) is 0. The third-order valence-corrected chi connectivity index (χ3v) is 5.01. The molecule has 2 heterocycles. The fourth-order valence-electron chi connectivity index (χ4n) is 2.48. The first-order valence-corrected chi connectivity index (χ1v) is 8.96. The van der Waals surface area contributed by atoms with Crippen molar-refractivity contribution in [3.63, 3.8) is 0 Å². The Morgan fingerprint density at radius 3 is 2.48 bits per heavy atom. The lowest BCUT2D eigenvalue weighted by atomic mass is 10.0. The molecule has 0 unspecified atom stereocenters. The van der Waals surface area contributed by atoms with Crippen molar-refractivity contribution in [1.29, 1.82) is 0 Å². The predicted octanol–water partition coefficient (Wildman–Crippen LogP) is 5.12. The minimum Gasteiger partial charge on any atom is -0.465 e. The van der Waals surface area contributed by atoms with Gasteiger partial charge in [0.05, 0.1) is 7.11 Å². The molecule has 0 bridgehead atoms. The summed E-state index contributed by atoms with van der Waals surface area (Å²) >= 11 is 4.49. The van der Waals surface area contributed by atoms with Gasteiger partial charge in [-0.05, 0) is 40.5 Å². The highest BCUT2D eigenvalue weighted by Gasteiger charge is 2.25. The molecule has 0 aliphatic heterocycles. The van der Waals surface area contributed by atoms with Gasteiger partial charge in [0.25, 0.3) is 5.91 Å². The van der Waals surface area contributed by atoms with Crippen molar-refractivity contribution in [3.8, 4) is 11.1 Å². The van der Waals surface area contributed by atoms with Crippen LogP contribution in [0.4, 0.5) is 5.00 Å². The summed E-state index contributed by atoms with van der Waals surface area (Å²) in [5.74, 6) is -0.786. The van der Waals surface area contributed by atoms with Crippen molar-refractivity contribution in [2.75, 3.05) is 12.4 Å². The van der Waals surface area contributed by atoms with Crippen LogP contribution in [-0.2, 0) is 4.74 Å². The number of furan rings is 1. The molecule has 0 radical (unpaired) electrons. The van der Waals surface area contributed by atoms with Crippen LogP contribution in [0.15, 0.2) is 51.6 Å². The summed E-state index contributed by atoms with van der Waals surface area (Å²) in [6, 6.07) is 12.7. The van der Waals surface area contributed by atoms with Crippen LogP contribution in [0.25, 0.3) is 11.1 Å². The molecule has 3 aromatic rings. The molecule has 0 saturated heterocycles. The molecule has 0 atom stereocenters. The van der Waals surface area contributed by atoms with Crippen molar-refractivity contribution in [1.82, 2.24) is 0 Å². The van der Waals surface area contributed by atoms with Crippen molar-refractivity contribution in [2.24, 2.45) is 0 Å². The maximum absolute atomic E-state index is 12.4. The first kappa shape index (κ1) is 17.4. The van der Waals surface area contributed by atoms with Gasteiger partial charge in [-0.15, -0.1) is 11.3 Å². The number of anilines is 1. The monoisotopic (exact) mass is 419 g/mol. The molecule has 0 spiro atoms. The Hall–Kier alpha value is -2.38. The normalized spacial score (nSPS) is 10.5. The Bertz CT molecular complexity index is 930. The van der Waals surface area contributed by atoms with Crippen LogP contribution in [-0.4, -0.2) is 19.0 Å². The summed E-state index contributed by atoms with van der Waals surface area (Å²) in [5.41, 5.74) is 1.99. The van der Waals surface area contributed by atoms with Gasteiger partial charge in [0.1, 0.15) is 10.6 Å². The number of thiophene rings is 1. The second-order valence-corrected chi connectivity index (χ2v) is 7.16. The number of methoxy groups -OCH3 is 1. The predicted molar refractivity (Wildman–Crippen MR) is 100 cm³/mol. The topological polar surface area (TPSA) is 68.5 Å². The Kier molecular flexibility index (Phi) is 5.06. The number of hydrogen-bond acceptors (Lipinski definition) is 5. The van der Waals surface area contributed by atoms with Crippen LogP contribution < -0.4 is 5.32 Å². The number of nitrogens with one attached hydrogen (secondary N) is 1. The molecule has 1 aromatic carbocycles. The van der Waals surface area contributed by atoms with E-state index >= 15 is 0 Å². The van der Waals surface area contributed by atoms with Gasteiger partial charge in [-0.1, -0.05) is 30.3 Å². The van der Waals surface area contributed by atoms with Crippen LogP contribution in [0.2, 0.25) is 0 Å². The first-order valence-electron chi connectivity index (χ1n) is 7.35. The second kappa shape index (κ2) is 7.25. The fourth-order valence-corrected chi connectivity index (χ4v) is 3.85. The molecule has 128 valence electrons. The molecule has 0 aliphatic carbocycles. The first-order chi connectivity index (χ1) is 12.0. The molecule has 0 saturated carbocycles. The van der Waals surface area contributed by atoms with E-state index < -0.39 is 11.9 Å². The Balaban J connectivity index is 2.05. The highest BCUT2D eigenvalue weighted by molar-refractivity contribution is 9.10. The standard InChI is InChI=1S/C18H14BrNO4S/c1-10-14(11-6-4-3-5-7-11)15(18(22)23-2)17(25-10)20-16(21)12-8-9-13(19)24-12/h3-9H,1-2H3,(H,20,21). The molecule has 25 heavy (non-hydrogen) atoms. The van der Waals surface area contributed by atoms with Crippen molar-refractivity contribution < 1.29 is 18.7 Å². The average Bonchev–Trinajstić information content (AvgIpc) is 3.18. The molecule has 1 amide bonds. The number of rotatable bonds is 4. The SMILES string of the molecule is COC(=O)c1c(NC(=O)c2ccc(Br)o2)sc(C)c1-c1ccccc1. The van der Waals surface area contributed by atoms with E-state index in [9.17, 15) is 9.59 Å². The van der Waals surface area contributed by atoms with Gasteiger partial charge < -0.3 is 14.5 Å². The molecular formula is C18H14BrNO4S. The van der Waals surface area contributed by atoms with Crippen molar-refractivity contribution >= 4 is 44.1 Å². The minimum absolute atomic E-state index is 0.148. The average molecular weight is 420 g/mol. The quantitative estimate of drug-likeness (QED) is 0.595. The molecule has 7 heteroatoms. The Morgan fingerprint density at radius 1 is 1.16 bits per heavy atom. The van der Waals surface area contributed by atoms with Crippen LogP contribution in [0.5, 0.6) is 0 Å². The van der Waals surface area contributed by atoms with Gasteiger partial charge in [-0.25, -0.2) is 4.79 Å². The van der Waals surface area contributed by atoms with Crippen molar-refractivity contribution in [3.05, 3.63) is 63.3 Å².